The Hall–Kier alpha value is -1.99. The zero-order chi connectivity index (χ0) is 20.4. The van der Waals surface area contributed by atoms with E-state index < -0.39 is 0 Å². The van der Waals surface area contributed by atoms with E-state index in [2.05, 4.69) is 48.4 Å². The normalized spacial score (nSPS) is 16.7. The summed E-state index contributed by atoms with van der Waals surface area (Å²) >= 11 is 0. The summed E-state index contributed by atoms with van der Waals surface area (Å²) in [5.74, 6) is 2.87. The van der Waals surface area contributed by atoms with Crippen LogP contribution in [0.4, 0.5) is 0 Å². The van der Waals surface area contributed by atoms with Crippen LogP contribution in [-0.2, 0) is 4.74 Å². The molecule has 7 heteroatoms. The van der Waals surface area contributed by atoms with Gasteiger partial charge in [0, 0.05) is 32.7 Å². The Morgan fingerprint density at radius 1 is 1.14 bits per heavy atom. The van der Waals surface area contributed by atoms with Gasteiger partial charge in [-0.15, -0.1) is 0 Å². The summed E-state index contributed by atoms with van der Waals surface area (Å²) in [4.78, 5) is 7.14. The van der Waals surface area contributed by atoms with Crippen molar-refractivity contribution in [3.63, 3.8) is 0 Å². The van der Waals surface area contributed by atoms with Gasteiger partial charge < -0.3 is 24.8 Å². The minimum absolute atomic E-state index is 0.187. The van der Waals surface area contributed by atoms with Crippen molar-refractivity contribution in [3.8, 4) is 11.5 Å². The summed E-state index contributed by atoms with van der Waals surface area (Å²) < 4.78 is 16.5. The third-order valence-electron chi connectivity index (χ3n) is 4.70. The number of nitrogens with zero attached hydrogens (tertiary/aromatic N) is 2. The Labute approximate surface area is 169 Å². The third-order valence-corrected chi connectivity index (χ3v) is 4.70. The monoisotopic (exact) mass is 392 g/mol. The predicted octanol–water partition coefficient (Wildman–Crippen LogP) is 2.29. The first-order valence-corrected chi connectivity index (χ1v) is 10.1. The number of nitrogens with one attached hydrogen (secondary N) is 2. The average molecular weight is 393 g/mol. The van der Waals surface area contributed by atoms with E-state index >= 15 is 0 Å². The standard InChI is InChI=1S/C21H36N4O3/c1-6-22-21(23-14-16(2)3)24-15-18(25-9-11-28-12-10-25)17-7-8-19(26-4)20(13-17)27-5/h7-8,13,16,18H,6,9-12,14-15H2,1-5H3,(H2,22,23,24). The van der Waals surface area contributed by atoms with Crippen molar-refractivity contribution in [3.05, 3.63) is 23.8 Å². The Bertz CT molecular complexity index is 616. The van der Waals surface area contributed by atoms with Crippen LogP contribution in [0.5, 0.6) is 11.5 Å². The first-order chi connectivity index (χ1) is 13.6. The molecule has 0 saturated carbocycles. The van der Waals surface area contributed by atoms with Crippen molar-refractivity contribution >= 4 is 5.96 Å². The maximum atomic E-state index is 5.55. The quantitative estimate of drug-likeness (QED) is 0.496. The molecule has 2 rings (SSSR count). The molecule has 1 heterocycles. The summed E-state index contributed by atoms with van der Waals surface area (Å²) in [6, 6.07) is 6.34. The molecule has 0 spiro atoms. The number of benzene rings is 1. The van der Waals surface area contributed by atoms with Crippen molar-refractivity contribution in [2.24, 2.45) is 10.9 Å². The van der Waals surface area contributed by atoms with E-state index in [1.165, 1.54) is 5.56 Å². The Morgan fingerprint density at radius 2 is 1.86 bits per heavy atom. The van der Waals surface area contributed by atoms with Gasteiger partial charge in [0.2, 0.25) is 0 Å². The lowest BCUT2D eigenvalue weighted by Gasteiger charge is -2.35. The van der Waals surface area contributed by atoms with E-state index in [-0.39, 0.29) is 6.04 Å². The van der Waals surface area contributed by atoms with Gasteiger partial charge in [0.05, 0.1) is 33.5 Å². The van der Waals surface area contributed by atoms with Gasteiger partial charge in [-0.2, -0.15) is 0 Å². The second-order valence-corrected chi connectivity index (χ2v) is 7.27. The summed E-state index contributed by atoms with van der Waals surface area (Å²) in [5, 5.41) is 6.86. The zero-order valence-electron chi connectivity index (χ0n) is 18.0. The number of hydrogen-bond donors (Lipinski definition) is 2. The van der Waals surface area contributed by atoms with E-state index in [1.54, 1.807) is 14.2 Å². The van der Waals surface area contributed by atoms with Crippen molar-refractivity contribution in [2.75, 3.05) is 60.2 Å². The third kappa shape index (κ3) is 6.56. The van der Waals surface area contributed by atoms with Crippen molar-refractivity contribution in [2.45, 2.75) is 26.8 Å². The van der Waals surface area contributed by atoms with Crippen molar-refractivity contribution in [1.29, 1.82) is 0 Å². The highest BCUT2D eigenvalue weighted by atomic mass is 16.5. The SMILES string of the molecule is CCNC(=NCC(C)C)NCC(c1ccc(OC)c(OC)c1)N1CCOCC1. The molecule has 0 aromatic heterocycles. The van der Waals surface area contributed by atoms with Crippen LogP contribution in [0.25, 0.3) is 0 Å². The molecule has 28 heavy (non-hydrogen) atoms. The maximum Gasteiger partial charge on any atom is 0.191 e. The van der Waals surface area contributed by atoms with Crippen LogP contribution in [-0.4, -0.2) is 71.0 Å². The molecule has 0 aliphatic carbocycles. The number of methoxy groups -OCH3 is 2. The van der Waals surface area contributed by atoms with E-state index in [4.69, 9.17) is 19.2 Å². The fourth-order valence-corrected chi connectivity index (χ4v) is 3.22. The molecular weight excluding hydrogens is 356 g/mol. The lowest BCUT2D eigenvalue weighted by Crippen LogP contribution is -2.46. The Morgan fingerprint density at radius 3 is 2.46 bits per heavy atom. The average Bonchev–Trinajstić information content (AvgIpc) is 2.72. The summed E-state index contributed by atoms with van der Waals surface area (Å²) in [5.41, 5.74) is 1.19. The fraction of sp³-hybridized carbons (Fsp3) is 0.667. The first-order valence-electron chi connectivity index (χ1n) is 10.1. The number of rotatable bonds is 9. The second kappa shape index (κ2) is 11.8. The highest BCUT2D eigenvalue weighted by molar-refractivity contribution is 5.79. The fourth-order valence-electron chi connectivity index (χ4n) is 3.22. The molecule has 1 unspecified atom stereocenters. The molecule has 1 aromatic rings. The molecule has 0 amide bonds. The van der Waals surface area contributed by atoms with Crippen LogP contribution in [0.1, 0.15) is 32.4 Å². The molecule has 158 valence electrons. The highest BCUT2D eigenvalue weighted by Crippen LogP contribution is 2.32. The van der Waals surface area contributed by atoms with Crippen LogP contribution >= 0.6 is 0 Å². The largest absolute Gasteiger partial charge is 0.493 e. The van der Waals surface area contributed by atoms with Gasteiger partial charge >= 0.3 is 0 Å². The van der Waals surface area contributed by atoms with Crippen LogP contribution in [0, 0.1) is 5.92 Å². The molecule has 0 radical (unpaired) electrons. The number of morpholine rings is 1. The van der Waals surface area contributed by atoms with Gasteiger partial charge in [-0.3, -0.25) is 9.89 Å². The molecule has 1 saturated heterocycles. The number of ether oxygens (including phenoxy) is 3. The molecule has 2 N–H and O–H groups in total. The molecule has 0 bridgehead atoms. The first kappa shape index (κ1) is 22.3. The van der Waals surface area contributed by atoms with Gasteiger partial charge in [0.1, 0.15) is 0 Å². The lowest BCUT2D eigenvalue weighted by molar-refractivity contribution is 0.0169. The summed E-state index contributed by atoms with van der Waals surface area (Å²) in [7, 11) is 3.33. The van der Waals surface area contributed by atoms with Crippen molar-refractivity contribution < 1.29 is 14.2 Å². The molecule has 7 nitrogen and oxygen atoms in total. The molecule has 1 aromatic carbocycles. The number of guanidine groups is 1. The molecular formula is C21H36N4O3. The highest BCUT2D eigenvalue weighted by Gasteiger charge is 2.24. The van der Waals surface area contributed by atoms with Crippen LogP contribution in [0.15, 0.2) is 23.2 Å². The Kier molecular flexibility index (Phi) is 9.37. The maximum absolute atomic E-state index is 5.55. The van der Waals surface area contributed by atoms with Gasteiger partial charge in [0.25, 0.3) is 0 Å². The number of hydrogen-bond acceptors (Lipinski definition) is 5. The molecule has 1 fully saturated rings. The van der Waals surface area contributed by atoms with Gasteiger partial charge in [-0.25, -0.2) is 0 Å². The number of aliphatic imine (C=N–C) groups is 1. The van der Waals surface area contributed by atoms with E-state index in [0.29, 0.717) is 5.92 Å². The Balaban J connectivity index is 2.20. The van der Waals surface area contributed by atoms with Gasteiger partial charge in [-0.05, 0) is 30.5 Å². The van der Waals surface area contributed by atoms with Crippen LogP contribution < -0.4 is 20.1 Å². The molecule has 1 aliphatic heterocycles. The van der Waals surface area contributed by atoms with Gasteiger partial charge in [-0.1, -0.05) is 19.9 Å². The van der Waals surface area contributed by atoms with Crippen molar-refractivity contribution in [1.82, 2.24) is 15.5 Å². The second-order valence-electron chi connectivity index (χ2n) is 7.27. The molecule has 1 aliphatic rings. The molecule has 1 atom stereocenters. The van der Waals surface area contributed by atoms with Gasteiger partial charge in [0.15, 0.2) is 17.5 Å². The zero-order valence-corrected chi connectivity index (χ0v) is 18.0. The summed E-state index contributed by atoms with van der Waals surface area (Å²) in [6.45, 7) is 12.1. The van der Waals surface area contributed by atoms with E-state index in [1.807, 2.05) is 6.07 Å². The topological polar surface area (TPSA) is 67.4 Å². The van der Waals surface area contributed by atoms with E-state index in [0.717, 1.165) is 63.4 Å². The summed E-state index contributed by atoms with van der Waals surface area (Å²) in [6.07, 6.45) is 0. The smallest absolute Gasteiger partial charge is 0.191 e. The predicted molar refractivity (Wildman–Crippen MR) is 113 cm³/mol. The van der Waals surface area contributed by atoms with Crippen LogP contribution in [0.3, 0.4) is 0 Å². The van der Waals surface area contributed by atoms with E-state index in [9.17, 15) is 0 Å². The van der Waals surface area contributed by atoms with Crippen LogP contribution in [0.2, 0.25) is 0 Å². The lowest BCUT2D eigenvalue weighted by atomic mass is 10.0. The minimum atomic E-state index is 0.187. The minimum Gasteiger partial charge on any atom is -0.493 e.